The molecule has 7 nitrogen and oxygen atoms in total. The summed E-state index contributed by atoms with van der Waals surface area (Å²) in [5.74, 6) is -6.97. The summed E-state index contributed by atoms with van der Waals surface area (Å²) in [6.07, 6.45) is 0.347. The summed E-state index contributed by atoms with van der Waals surface area (Å²) in [6, 6.07) is 14.5. The van der Waals surface area contributed by atoms with Crippen LogP contribution in [-0.4, -0.2) is 59.1 Å². The van der Waals surface area contributed by atoms with Crippen LogP contribution in [0, 0.1) is 5.92 Å². The minimum absolute atomic E-state index is 0.0216. The summed E-state index contributed by atoms with van der Waals surface area (Å²) in [5, 5.41) is 11.3. The number of rotatable bonds is 6. The molecule has 2 aromatic rings. The van der Waals surface area contributed by atoms with Gasteiger partial charge in [0.25, 0.3) is 5.91 Å². The summed E-state index contributed by atoms with van der Waals surface area (Å²) in [5.41, 5.74) is 4.11. The van der Waals surface area contributed by atoms with Gasteiger partial charge >= 0.3 is 18.0 Å². The van der Waals surface area contributed by atoms with Crippen LogP contribution in [-0.2, 0) is 14.3 Å². The van der Waals surface area contributed by atoms with Crippen molar-refractivity contribution < 1.29 is 33.0 Å². The van der Waals surface area contributed by atoms with Crippen LogP contribution >= 0.6 is 0 Å². The number of fused-ring (bicyclic) bond motifs is 5. The smallest absolute Gasteiger partial charge is 0.407 e. The van der Waals surface area contributed by atoms with Crippen LogP contribution < -0.4 is 5.32 Å². The summed E-state index contributed by atoms with van der Waals surface area (Å²) >= 11 is 0. The van der Waals surface area contributed by atoms with E-state index in [0.717, 1.165) is 27.2 Å². The first-order chi connectivity index (χ1) is 16.8. The van der Waals surface area contributed by atoms with Gasteiger partial charge in [0.1, 0.15) is 6.61 Å². The van der Waals surface area contributed by atoms with Crippen LogP contribution in [0.15, 0.2) is 48.5 Å². The van der Waals surface area contributed by atoms with Crippen molar-refractivity contribution in [1.29, 1.82) is 0 Å². The van der Waals surface area contributed by atoms with E-state index in [1.54, 1.807) is 0 Å². The fourth-order valence-corrected chi connectivity index (χ4v) is 5.81. The van der Waals surface area contributed by atoms with Gasteiger partial charge < -0.3 is 20.1 Å². The van der Waals surface area contributed by atoms with E-state index in [1.807, 2.05) is 53.8 Å². The third kappa shape index (κ3) is 4.24. The van der Waals surface area contributed by atoms with Gasteiger partial charge in [-0.1, -0.05) is 48.5 Å². The van der Waals surface area contributed by atoms with Gasteiger partial charge in [-0.2, -0.15) is 8.78 Å². The molecule has 2 N–H and O–H groups in total. The highest BCUT2D eigenvalue weighted by atomic mass is 19.3. The number of aliphatic carboxylic acids is 1. The van der Waals surface area contributed by atoms with Crippen molar-refractivity contribution in [2.24, 2.45) is 5.92 Å². The molecule has 184 valence electrons. The van der Waals surface area contributed by atoms with E-state index in [0.29, 0.717) is 12.8 Å². The number of halogens is 2. The maximum absolute atomic E-state index is 14.7. The number of amides is 2. The molecule has 2 aliphatic heterocycles. The van der Waals surface area contributed by atoms with Crippen LogP contribution in [0.25, 0.3) is 11.1 Å². The van der Waals surface area contributed by atoms with Gasteiger partial charge in [0.2, 0.25) is 0 Å². The van der Waals surface area contributed by atoms with Gasteiger partial charge in [0, 0.05) is 18.0 Å². The lowest BCUT2D eigenvalue weighted by molar-refractivity contribution is -0.164. The topological polar surface area (TPSA) is 95.9 Å². The van der Waals surface area contributed by atoms with E-state index in [9.17, 15) is 28.3 Å². The number of alkyl halides is 2. The van der Waals surface area contributed by atoms with E-state index in [-0.39, 0.29) is 25.4 Å². The molecule has 0 saturated carbocycles. The lowest BCUT2D eigenvalue weighted by atomic mass is 9.90. The molecule has 9 heteroatoms. The van der Waals surface area contributed by atoms with Gasteiger partial charge in [-0.3, -0.25) is 9.59 Å². The Bertz CT molecular complexity index is 1110. The number of ether oxygens (including phenoxy) is 1. The van der Waals surface area contributed by atoms with Crippen LogP contribution in [0.4, 0.5) is 13.6 Å². The molecule has 0 radical (unpaired) electrons. The highest BCUT2D eigenvalue weighted by Crippen LogP contribution is 2.44. The molecule has 0 spiro atoms. The van der Waals surface area contributed by atoms with Gasteiger partial charge in [0.05, 0.1) is 12.5 Å². The largest absolute Gasteiger partial charge is 0.481 e. The molecule has 2 bridgehead atoms. The van der Waals surface area contributed by atoms with Crippen molar-refractivity contribution in [3.8, 4) is 11.1 Å². The second-order valence-corrected chi connectivity index (χ2v) is 9.49. The maximum atomic E-state index is 14.7. The number of hydrogen-bond acceptors (Lipinski definition) is 4. The van der Waals surface area contributed by atoms with Crippen molar-refractivity contribution in [3.63, 3.8) is 0 Å². The van der Waals surface area contributed by atoms with Crippen molar-refractivity contribution in [1.82, 2.24) is 10.2 Å². The van der Waals surface area contributed by atoms with E-state index in [2.05, 4.69) is 0 Å². The number of benzene rings is 2. The Balaban J connectivity index is 1.18. The van der Waals surface area contributed by atoms with E-state index < -0.39 is 48.4 Å². The third-order valence-electron chi connectivity index (χ3n) is 7.43. The predicted molar refractivity (Wildman–Crippen MR) is 122 cm³/mol. The molecule has 2 fully saturated rings. The number of alkyl carbamates (subject to hydrolysis) is 1. The molecule has 2 saturated heterocycles. The lowest BCUT2D eigenvalue weighted by Gasteiger charge is -2.39. The Labute approximate surface area is 201 Å². The van der Waals surface area contributed by atoms with Crippen molar-refractivity contribution in [2.45, 2.75) is 49.6 Å². The molecule has 0 aromatic heterocycles. The van der Waals surface area contributed by atoms with Crippen molar-refractivity contribution in [2.75, 3.05) is 13.2 Å². The standard InChI is InChI=1S/C26H26F2N2O5/c27-26(28,24(33)30-16-9-10-17(30)12-15(11-16)23(31)32)14-29-25(34)35-13-22-20-7-3-1-5-18(20)19-6-2-4-8-21(19)22/h1-8,15-17,22H,9-14H2,(H,29,34)(H,31,32). The predicted octanol–water partition coefficient (Wildman–Crippen LogP) is 4.01. The minimum atomic E-state index is -3.82. The first-order valence-corrected chi connectivity index (χ1v) is 11.8. The molecule has 2 unspecified atom stereocenters. The van der Waals surface area contributed by atoms with Crippen molar-refractivity contribution >= 4 is 18.0 Å². The molecule has 2 aromatic carbocycles. The summed E-state index contributed by atoms with van der Waals surface area (Å²) in [4.78, 5) is 37.4. The summed E-state index contributed by atoms with van der Waals surface area (Å²) in [7, 11) is 0. The quantitative estimate of drug-likeness (QED) is 0.646. The van der Waals surface area contributed by atoms with Gasteiger partial charge in [-0.25, -0.2) is 4.79 Å². The van der Waals surface area contributed by atoms with Crippen LogP contribution in [0.3, 0.4) is 0 Å². The number of nitrogens with zero attached hydrogens (tertiary/aromatic N) is 1. The SMILES string of the molecule is O=C(NCC(F)(F)C(=O)N1C2CCC1CC(C(=O)O)C2)OCC1c2ccccc2-c2ccccc21. The third-order valence-corrected chi connectivity index (χ3v) is 7.43. The second-order valence-electron chi connectivity index (χ2n) is 9.49. The van der Waals surface area contributed by atoms with E-state index in [1.165, 1.54) is 0 Å². The second kappa shape index (κ2) is 8.94. The molecule has 3 aliphatic rings. The number of hydrogen-bond donors (Lipinski definition) is 2. The average molecular weight is 484 g/mol. The number of piperidine rings is 1. The molecule has 2 heterocycles. The van der Waals surface area contributed by atoms with Crippen LogP contribution in [0.5, 0.6) is 0 Å². The Kier molecular flexibility index (Phi) is 5.94. The van der Waals surface area contributed by atoms with E-state index >= 15 is 0 Å². The molecular formula is C26H26F2N2O5. The summed E-state index contributed by atoms with van der Waals surface area (Å²) in [6.45, 7) is -1.20. The highest BCUT2D eigenvalue weighted by Gasteiger charge is 2.52. The van der Waals surface area contributed by atoms with Crippen LogP contribution in [0.1, 0.15) is 42.7 Å². The zero-order valence-electron chi connectivity index (χ0n) is 19.0. The number of nitrogens with one attached hydrogen (secondary N) is 1. The molecule has 5 rings (SSSR count). The number of carbonyl (C=O) groups is 3. The highest BCUT2D eigenvalue weighted by molar-refractivity contribution is 5.86. The number of carbonyl (C=O) groups excluding carboxylic acids is 2. The fourth-order valence-electron chi connectivity index (χ4n) is 5.81. The van der Waals surface area contributed by atoms with Gasteiger partial charge in [-0.05, 0) is 47.9 Å². The fraction of sp³-hybridized carbons (Fsp3) is 0.423. The minimum Gasteiger partial charge on any atom is -0.481 e. The monoisotopic (exact) mass is 484 g/mol. The Morgan fingerprint density at radius 1 is 0.971 bits per heavy atom. The number of carboxylic acids is 1. The van der Waals surface area contributed by atoms with Gasteiger partial charge in [-0.15, -0.1) is 0 Å². The number of carboxylic acid groups (broad SMARTS) is 1. The Morgan fingerprint density at radius 2 is 1.51 bits per heavy atom. The zero-order chi connectivity index (χ0) is 24.7. The molecular weight excluding hydrogens is 458 g/mol. The average Bonchev–Trinajstić information content (AvgIpc) is 3.31. The Morgan fingerprint density at radius 3 is 2.06 bits per heavy atom. The van der Waals surface area contributed by atoms with Crippen LogP contribution in [0.2, 0.25) is 0 Å². The molecule has 2 amide bonds. The normalized spacial score (nSPS) is 22.9. The molecule has 35 heavy (non-hydrogen) atoms. The van der Waals surface area contributed by atoms with E-state index in [4.69, 9.17) is 4.74 Å². The maximum Gasteiger partial charge on any atom is 0.407 e. The van der Waals surface area contributed by atoms with Gasteiger partial charge in [0.15, 0.2) is 0 Å². The zero-order valence-corrected chi connectivity index (χ0v) is 19.0. The lowest BCUT2D eigenvalue weighted by Crippen LogP contribution is -2.56. The Hall–Kier alpha value is -3.49. The summed E-state index contributed by atoms with van der Waals surface area (Å²) < 4.78 is 34.8. The first-order valence-electron chi connectivity index (χ1n) is 11.8. The first kappa shape index (κ1) is 23.3. The molecule has 2 atom stereocenters. The van der Waals surface area contributed by atoms with Crippen molar-refractivity contribution in [3.05, 3.63) is 59.7 Å². The molecule has 1 aliphatic carbocycles.